The number of nitrogens with one attached hydrogen (secondary N) is 1. The molecule has 0 aliphatic carbocycles. The van der Waals surface area contributed by atoms with E-state index in [0.29, 0.717) is 6.42 Å². The molecule has 1 aromatic rings. The lowest BCUT2D eigenvalue weighted by molar-refractivity contribution is -0.138. The summed E-state index contributed by atoms with van der Waals surface area (Å²) < 4.78 is 5.39. The predicted octanol–water partition coefficient (Wildman–Crippen LogP) is 1.55. The standard InChI is InChI=1S/C17H22N2O5/c1-17(2,3)24-16(23)19-10-12-7-5-4-6-11(12)8-13(19)15(22)18-9-14(20)21/h4-7,13H,8-10H2,1-3H3,(H,18,22)(H,20,21). The van der Waals surface area contributed by atoms with Crippen molar-refractivity contribution in [3.8, 4) is 0 Å². The van der Waals surface area contributed by atoms with Gasteiger partial charge in [-0.05, 0) is 31.9 Å². The Balaban J connectivity index is 2.24. The number of fused-ring (bicyclic) bond motifs is 1. The van der Waals surface area contributed by atoms with E-state index < -0.39 is 36.2 Å². The number of carboxylic acids is 1. The fourth-order valence-corrected chi connectivity index (χ4v) is 2.55. The monoisotopic (exact) mass is 334 g/mol. The molecular weight excluding hydrogens is 312 g/mol. The van der Waals surface area contributed by atoms with E-state index in [-0.39, 0.29) is 6.54 Å². The lowest BCUT2D eigenvalue weighted by Gasteiger charge is -2.36. The van der Waals surface area contributed by atoms with Crippen molar-refractivity contribution in [3.63, 3.8) is 0 Å². The minimum atomic E-state index is -1.14. The largest absolute Gasteiger partial charge is 0.480 e. The number of aliphatic carboxylic acids is 1. The smallest absolute Gasteiger partial charge is 0.411 e. The molecule has 0 saturated carbocycles. The Morgan fingerprint density at radius 1 is 1.25 bits per heavy atom. The van der Waals surface area contributed by atoms with Gasteiger partial charge in [-0.25, -0.2) is 4.79 Å². The van der Waals surface area contributed by atoms with E-state index in [1.807, 2.05) is 24.3 Å². The van der Waals surface area contributed by atoms with Gasteiger partial charge in [0.25, 0.3) is 0 Å². The zero-order valence-corrected chi connectivity index (χ0v) is 14.0. The molecule has 1 heterocycles. The Morgan fingerprint density at radius 2 is 1.88 bits per heavy atom. The van der Waals surface area contributed by atoms with E-state index in [9.17, 15) is 14.4 Å². The first-order chi connectivity index (χ1) is 11.2. The molecule has 2 N–H and O–H groups in total. The topological polar surface area (TPSA) is 95.9 Å². The summed E-state index contributed by atoms with van der Waals surface area (Å²) in [6, 6.07) is 6.75. The first-order valence-corrected chi connectivity index (χ1v) is 7.73. The van der Waals surface area contributed by atoms with E-state index in [4.69, 9.17) is 9.84 Å². The van der Waals surface area contributed by atoms with Gasteiger partial charge in [-0.1, -0.05) is 24.3 Å². The second-order valence-electron chi connectivity index (χ2n) is 6.71. The van der Waals surface area contributed by atoms with Gasteiger partial charge >= 0.3 is 12.1 Å². The first-order valence-electron chi connectivity index (χ1n) is 7.73. The Morgan fingerprint density at radius 3 is 2.46 bits per heavy atom. The molecule has 2 amide bonds. The lowest BCUT2D eigenvalue weighted by atomic mass is 9.94. The quantitative estimate of drug-likeness (QED) is 0.874. The van der Waals surface area contributed by atoms with Crippen LogP contribution in [0.3, 0.4) is 0 Å². The first kappa shape index (κ1) is 17.8. The van der Waals surface area contributed by atoms with Crippen LogP contribution in [0.25, 0.3) is 0 Å². The second kappa shape index (κ2) is 6.90. The summed E-state index contributed by atoms with van der Waals surface area (Å²) in [5, 5.41) is 11.1. The van der Waals surface area contributed by atoms with Gasteiger partial charge in [-0.2, -0.15) is 0 Å². The van der Waals surface area contributed by atoms with E-state index >= 15 is 0 Å². The normalized spacial score (nSPS) is 17.0. The maximum absolute atomic E-state index is 12.5. The fourth-order valence-electron chi connectivity index (χ4n) is 2.55. The van der Waals surface area contributed by atoms with Crippen LogP contribution in [-0.4, -0.2) is 46.2 Å². The summed E-state index contributed by atoms with van der Waals surface area (Å²) in [4.78, 5) is 36.9. The number of carboxylic acid groups (broad SMARTS) is 1. The van der Waals surface area contributed by atoms with Crippen molar-refractivity contribution in [1.29, 1.82) is 0 Å². The van der Waals surface area contributed by atoms with Gasteiger partial charge in [0, 0.05) is 6.42 Å². The molecule has 0 fully saturated rings. The maximum atomic E-state index is 12.5. The molecule has 0 radical (unpaired) electrons. The third-order valence-electron chi connectivity index (χ3n) is 3.59. The highest BCUT2D eigenvalue weighted by molar-refractivity contribution is 5.88. The summed E-state index contributed by atoms with van der Waals surface area (Å²) in [6.07, 6.45) is -0.270. The zero-order chi connectivity index (χ0) is 17.9. The minimum absolute atomic E-state index is 0.246. The molecule has 0 bridgehead atoms. The van der Waals surface area contributed by atoms with Crippen LogP contribution in [0, 0.1) is 0 Å². The molecule has 7 nitrogen and oxygen atoms in total. The molecule has 0 spiro atoms. The Labute approximate surface area is 140 Å². The van der Waals surface area contributed by atoms with Gasteiger partial charge in [-0.3, -0.25) is 14.5 Å². The predicted molar refractivity (Wildman–Crippen MR) is 86.4 cm³/mol. The SMILES string of the molecule is CC(C)(C)OC(=O)N1Cc2ccccc2CC1C(=O)NCC(=O)O. The van der Waals surface area contributed by atoms with Gasteiger partial charge in [0.1, 0.15) is 18.2 Å². The number of rotatable bonds is 3. The summed E-state index contributed by atoms with van der Waals surface area (Å²) in [6.45, 7) is 5.02. The number of hydrogen-bond donors (Lipinski definition) is 2. The molecule has 7 heteroatoms. The highest BCUT2D eigenvalue weighted by Crippen LogP contribution is 2.25. The Hall–Kier alpha value is -2.57. The van der Waals surface area contributed by atoms with Crippen molar-refractivity contribution in [2.75, 3.05) is 6.54 Å². The van der Waals surface area contributed by atoms with Crippen molar-refractivity contribution in [1.82, 2.24) is 10.2 Å². The molecule has 130 valence electrons. The van der Waals surface area contributed by atoms with Gasteiger partial charge < -0.3 is 15.2 Å². The number of hydrogen-bond acceptors (Lipinski definition) is 4. The van der Waals surface area contributed by atoms with Crippen LogP contribution >= 0.6 is 0 Å². The van der Waals surface area contributed by atoms with Crippen molar-refractivity contribution in [3.05, 3.63) is 35.4 Å². The fraction of sp³-hybridized carbons (Fsp3) is 0.471. The number of nitrogens with zero attached hydrogens (tertiary/aromatic N) is 1. The van der Waals surface area contributed by atoms with Crippen LogP contribution < -0.4 is 5.32 Å². The van der Waals surface area contributed by atoms with Gasteiger partial charge in [-0.15, -0.1) is 0 Å². The maximum Gasteiger partial charge on any atom is 0.411 e. The average Bonchev–Trinajstić information content (AvgIpc) is 2.49. The molecule has 1 unspecified atom stereocenters. The van der Waals surface area contributed by atoms with Crippen molar-refractivity contribution in [2.24, 2.45) is 0 Å². The van der Waals surface area contributed by atoms with Gasteiger partial charge in [0.15, 0.2) is 0 Å². The Bertz CT molecular complexity index is 651. The van der Waals surface area contributed by atoms with Crippen LogP contribution in [0.2, 0.25) is 0 Å². The number of amides is 2. The van der Waals surface area contributed by atoms with E-state index in [1.165, 1.54) is 4.90 Å². The highest BCUT2D eigenvalue weighted by atomic mass is 16.6. The average molecular weight is 334 g/mol. The van der Waals surface area contributed by atoms with Crippen molar-refractivity contribution in [2.45, 2.75) is 45.4 Å². The summed E-state index contributed by atoms with van der Waals surface area (Å²) in [5.74, 6) is -1.64. The highest BCUT2D eigenvalue weighted by Gasteiger charge is 2.36. The number of carbonyl (C=O) groups is 3. The number of ether oxygens (including phenoxy) is 1. The molecule has 0 aromatic heterocycles. The molecule has 0 saturated heterocycles. The van der Waals surface area contributed by atoms with Crippen LogP contribution in [-0.2, 0) is 27.3 Å². The molecule has 1 aliphatic rings. The van der Waals surface area contributed by atoms with Crippen LogP contribution in [0.15, 0.2) is 24.3 Å². The Kier molecular flexibility index (Phi) is 5.11. The van der Waals surface area contributed by atoms with Crippen molar-refractivity contribution < 1.29 is 24.2 Å². The molecule has 1 atom stereocenters. The molecular formula is C17H22N2O5. The number of carbonyl (C=O) groups excluding carboxylic acids is 2. The molecule has 1 aromatic carbocycles. The van der Waals surface area contributed by atoms with E-state index in [1.54, 1.807) is 20.8 Å². The van der Waals surface area contributed by atoms with Gasteiger partial charge in [0.2, 0.25) is 5.91 Å². The van der Waals surface area contributed by atoms with Gasteiger partial charge in [0.05, 0.1) is 6.54 Å². The summed E-state index contributed by atoms with van der Waals surface area (Å²) >= 11 is 0. The lowest BCUT2D eigenvalue weighted by Crippen LogP contribution is -2.54. The number of benzene rings is 1. The van der Waals surface area contributed by atoms with E-state index in [0.717, 1.165) is 11.1 Å². The summed E-state index contributed by atoms with van der Waals surface area (Å²) in [5.41, 5.74) is 1.23. The second-order valence-corrected chi connectivity index (χ2v) is 6.71. The summed E-state index contributed by atoms with van der Waals surface area (Å²) in [7, 11) is 0. The third kappa shape index (κ3) is 4.47. The van der Waals surface area contributed by atoms with Crippen LogP contribution in [0.4, 0.5) is 4.79 Å². The van der Waals surface area contributed by atoms with E-state index in [2.05, 4.69) is 5.32 Å². The van der Waals surface area contributed by atoms with Crippen molar-refractivity contribution >= 4 is 18.0 Å². The van der Waals surface area contributed by atoms with Crippen LogP contribution in [0.5, 0.6) is 0 Å². The molecule has 1 aliphatic heterocycles. The molecule has 24 heavy (non-hydrogen) atoms. The zero-order valence-electron chi connectivity index (χ0n) is 14.0. The minimum Gasteiger partial charge on any atom is -0.480 e. The third-order valence-corrected chi connectivity index (χ3v) is 3.59. The molecule has 2 rings (SSSR count). The van der Waals surface area contributed by atoms with Crippen LogP contribution in [0.1, 0.15) is 31.9 Å².